The molecule has 0 saturated carbocycles. The molecule has 13 heavy (non-hydrogen) atoms. The minimum absolute atomic E-state index is 0.0394. The fourth-order valence-electron chi connectivity index (χ4n) is 1.38. The molecule has 1 rings (SSSR count). The van der Waals surface area contributed by atoms with E-state index >= 15 is 0 Å². The topological polar surface area (TPSA) is 75.6 Å². The number of hydrogen-bond donors (Lipinski definition) is 2. The molecular formula is C8H13NO4. The van der Waals surface area contributed by atoms with Gasteiger partial charge in [-0.3, -0.25) is 4.79 Å². The van der Waals surface area contributed by atoms with Crippen LogP contribution in [0.2, 0.25) is 0 Å². The average molecular weight is 187 g/mol. The van der Waals surface area contributed by atoms with Crippen molar-refractivity contribution in [1.29, 1.82) is 0 Å². The number of esters is 1. The van der Waals surface area contributed by atoms with Crippen LogP contribution < -0.4 is 5.32 Å². The van der Waals surface area contributed by atoms with Crippen molar-refractivity contribution >= 4 is 11.9 Å². The quantitative estimate of drug-likeness (QED) is 0.439. The molecule has 0 radical (unpaired) electrons. The van der Waals surface area contributed by atoms with Gasteiger partial charge in [-0.25, -0.2) is 4.79 Å². The van der Waals surface area contributed by atoms with Crippen molar-refractivity contribution < 1.29 is 19.4 Å². The van der Waals surface area contributed by atoms with E-state index in [-0.39, 0.29) is 18.4 Å². The Labute approximate surface area is 76.1 Å². The lowest BCUT2D eigenvalue weighted by Crippen LogP contribution is -2.62. The van der Waals surface area contributed by atoms with Crippen LogP contribution in [0.3, 0.4) is 0 Å². The largest absolute Gasteiger partial charge is 0.467 e. The fraction of sp³-hybridized carbons (Fsp3) is 0.750. The van der Waals surface area contributed by atoms with Crippen LogP contribution in [0.5, 0.6) is 0 Å². The van der Waals surface area contributed by atoms with Gasteiger partial charge in [0.2, 0.25) is 5.91 Å². The highest BCUT2D eigenvalue weighted by Gasteiger charge is 2.43. The second kappa shape index (κ2) is 4.23. The molecule has 5 heteroatoms. The van der Waals surface area contributed by atoms with Gasteiger partial charge in [-0.1, -0.05) is 0 Å². The van der Waals surface area contributed by atoms with Gasteiger partial charge < -0.3 is 15.2 Å². The molecule has 1 saturated heterocycles. The van der Waals surface area contributed by atoms with Gasteiger partial charge in [-0.15, -0.1) is 0 Å². The van der Waals surface area contributed by atoms with E-state index in [9.17, 15) is 9.59 Å². The van der Waals surface area contributed by atoms with Crippen LogP contribution in [0.15, 0.2) is 0 Å². The van der Waals surface area contributed by atoms with E-state index in [1.165, 1.54) is 7.11 Å². The summed E-state index contributed by atoms with van der Waals surface area (Å²) in [5.41, 5.74) is 0. The van der Waals surface area contributed by atoms with Crippen LogP contribution in [0.1, 0.15) is 12.8 Å². The summed E-state index contributed by atoms with van der Waals surface area (Å²) in [7, 11) is 1.29. The Morgan fingerprint density at radius 2 is 2.38 bits per heavy atom. The summed E-state index contributed by atoms with van der Waals surface area (Å²) in [5.74, 6) is -0.869. The van der Waals surface area contributed by atoms with Gasteiger partial charge in [0, 0.05) is 6.61 Å². The van der Waals surface area contributed by atoms with Crippen LogP contribution >= 0.6 is 0 Å². The van der Waals surface area contributed by atoms with Gasteiger partial charge in [0.25, 0.3) is 0 Å². The Morgan fingerprint density at radius 3 is 2.85 bits per heavy atom. The summed E-state index contributed by atoms with van der Waals surface area (Å²) in [5, 5.41) is 11.0. The molecule has 5 nitrogen and oxygen atoms in total. The van der Waals surface area contributed by atoms with Crippen LogP contribution in [-0.4, -0.2) is 36.7 Å². The first-order valence-corrected chi connectivity index (χ1v) is 4.19. The van der Waals surface area contributed by atoms with Crippen molar-refractivity contribution in [1.82, 2.24) is 5.32 Å². The van der Waals surface area contributed by atoms with Crippen LogP contribution in [0, 0.1) is 5.92 Å². The van der Waals surface area contributed by atoms with E-state index in [1.807, 2.05) is 0 Å². The minimum atomic E-state index is -0.510. The zero-order chi connectivity index (χ0) is 9.84. The third-order valence-electron chi connectivity index (χ3n) is 2.17. The number of hydrogen-bond acceptors (Lipinski definition) is 4. The zero-order valence-corrected chi connectivity index (χ0v) is 7.45. The maximum atomic E-state index is 11.0. The van der Waals surface area contributed by atoms with Gasteiger partial charge in [-0.2, -0.15) is 0 Å². The number of aliphatic hydroxyl groups is 1. The van der Waals surface area contributed by atoms with Crippen molar-refractivity contribution in [3.05, 3.63) is 0 Å². The van der Waals surface area contributed by atoms with E-state index in [0.717, 1.165) is 0 Å². The number of methoxy groups -OCH3 is 1. The first-order chi connectivity index (χ1) is 6.20. The number of rotatable bonds is 4. The zero-order valence-electron chi connectivity index (χ0n) is 7.45. The first-order valence-electron chi connectivity index (χ1n) is 4.19. The molecule has 0 aromatic rings. The highest BCUT2D eigenvalue weighted by Crippen LogP contribution is 2.21. The van der Waals surface area contributed by atoms with Crippen molar-refractivity contribution in [3.63, 3.8) is 0 Å². The monoisotopic (exact) mass is 187 g/mol. The third-order valence-corrected chi connectivity index (χ3v) is 2.17. The van der Waals surface area contributed by atoms with Crippen molar-refractivity contribution in [2.45, 2.75) is 18.9 Å². The Kier molecular flexibility index (Phi) is 3.25. The number of nitrogens with one attached hydrogen (secondary N) is 1. The highest BCUT2D eigenvalue weighted by molar-refractivity contribution is 5.97. The Bertz CT molecular complexity index is 216. The van der Waals surface area contributed by atoms with Crippen molar-refractivity contribution in [2.75, 3.05) is 13.7 Å². The molecule has 1 heterocycles. The Balaban J connectivity index is 2.41. The third kappa shape index (κ3) is 1.98. The smallest absolute Gasteiger partial charge is 0.329 e. The molecule has 0 bridgehead atoms. The number of aliphatic hydroxyl groups excluding tert-OH is 1. The fourth-order valence-corrected chi connectivity index (χ4v) is 1.38. The maximum absolute atomic E-state index is 11.0. The van der Waals surface area contributed by atoms with Gasteiger partial charge in [0.1, 0.15) is 6.04 Å². The number of carbonyl (C=O) groups excluding carboxylic acids is 2. The standard InChI is InChI=1S/C8H13NO4/c1-13-8(12)6-5(3-2-4-10)7(11)9-6/h5-6,10H,2-4H2,1H3,(H,9,11)/t5-,6+/m0/s1. The van der Waals surface area contributed by atoms with Gasteiger partial charge in [0.05, 0.1) is 13.0 Å². The lowest BCUT2D eigenvalue weighted by Gasteiger charge is -2.34. The summed E-state index contributed by atoms with van der Waals surface area (Å²) >= 11 is 0. The molecule has 0 aromatic carbocycles. The van der Waals surface area contributed by atoms with E-state index in [0.29, 0.717) is 12.8 Å². The highest BCUT2D eigenvalue weighted by atomic mass is 16.5. The molecule has 1 aliphatic heterocycles. The SMILES string of the molecule is COC(=O)[C@@H]1NC(=O)[C@H]1CCCO. The van der Waals surface area contributed by atoms with E-state index in [1.54, 1.807) is 0 Å². The minimum Gasteiger partial charge on any atom is -0.467 e. The summed E-state index contributed by atoms with van der Waals surface area (Å²) < 4.78 is 4.50. The molecule has 0 unspecified atom stereocenters. The molecular weight excluding hydrogens is 174 g/mol. The molecule has 0 aliphatic carbocycles. The number of ether oxygens (including phenoxy) is 1. The average Bonchev–Trinajstić information content (AvgIpc) is 2.13. The summed E-state index contributed by atoms with van der Waals surface area (Å²) in [6.07, 6.45) is 1.06. The summed E-state index contributed by atoms with van der Waals surface area (Å²) in [6.45, 7) is 0.0394. The van der Waals surface area contributed by atoms with Gasteiger partial charge in [0.15, 0.2) is 0 Å². The molecule has 1 aliphatic rings. The van der Waals surface area contributed by atoms with Crippen LogP contribution in [-0.2, 0) is 14.3 Å². The lowest BCUT2D eigenvalue weighted by atomic mass is 9.86. The second-order valence-corrected chi connectivity index (χ2v) is 2.98. The van der Waals surface area contributed by atoms with E-state index in [2.05, 4.69) is 10.1 Å². The molecule has 1 amide bonds. The normalized spacial score (nSPS) is 26.2. The van der Waals surface area contributed by atoms with E-state index in [4.69, 9.17) is 5.11 Å². The molecule has 2 N–H and O–H groups in total. The predicted molar refractivity (Wildman–Crippen MR) is 43.8 cm³/mol. The number of carbonyl (C=O) groups is 2. The van der Waals surface area contributed by atoms with Crippen molar-refractivity contribution in [3.8, 4) is 0 Å². The molecule has 2 atom stereocenters. The first kappa shape index (κ1) is 9.98. The number of β-lactam (4-membered cyclic amide) rings is 1. The Morgan fingerprint density at radius 1 is 1.69 bits per heavy atom. The molecule has 0 aromatic heterocycles. The molecule has 74 valence electrons. The van der Waals surface area contributed by atoms with Crippen LogP contribution in [0.25, 0.3) is 0 Å². The van der Waals surface area contributed by atoms with E-state index < -0.39 is 12.0 Å². The maximum Gasteiger partial charge on any atom is 0.329 e. The predicted octanol–water partition coefficient (Wildman–Crippen LogP) is -0.953. The summed E-state index contributed by atoms with van der Waals surface area (Å²) in [6, 6.07) is -0.510. The lowest BCUT2D eigenvalue weighted by molar-refractivity contribution is -0.156. The van der Waals surface area contributed by atoms with Crippen molar-refractivity contribution in [2.24, 2.45) is 5.92 Å². The van der Waals surface area contributed by atoms with Gasteiger partial charge >= 0.3 is 5.97 Å². The molecule has 1 fully saturated rings. The number of amides is 1. The second-order valence-electron chi connectivity index (χ2n) is 2.98. The van der Waals surface area contributed by atoms with Crippen LogP contribution in [0.4, 0.5) is 0 Å². The molecule has 0 spiro atoms. The Hall–Kier alpha value is -1.10. The van der Waals surface area contributed by atoms with Gasteiger partial charge in [-0.05, 0) is 12.8 Å². The summed E-state index contributed by atoms with van der Waals surface area (Å²) in [4.78, 5) is 22.0.